The Balaban J connectivity index is 1.40. The van der Waals surface area contributed by atoms with Gasteiger partial charge < -0.3 is 14.0 Å². The van der Waals surface area contributed by atoms with E-state index in [0.29, 0.717) is 24.4 Å². The molecule has 0 saturated heterocycles. The Hall–Kier alpha value is -3.52. The van der Waals surface area contributed by atoms with Crippen LogP contribution in [0.15, 0.2) is 59.1 Å². The minimum absolute atomic E-state index is 0.0584. The predicted octanol–water partition coefficient (Wildman–Crippen LogP) is 4.02. The molecule has 0 amide bonds. The Morgan fingerprint density at radius 2 is 2.00 bits per heavy atom. The monoisotopic (exact) mass is 392 g/mol. The number of nitrogens with zero attached hydrogens (tertiary/aromatic N) is 4. The highest BCUT2D eigenvalue weighted by Gasteiger charge is 2.24. The fraction of sp³-hybridized carbons (Fsp3) is 0.190. The van der Waals surface area contributed by atoms with Gasteiger partial charge in [0.1, 0.15) is 6.10 Å². The summed E-state index contributed by atoms with van der Waals surface area (Å²) in [4.78, 5) is 4.37. The van der Waals surface area contributed by atoms with Crippen LogP contribution in [0.25, 0.3) is 23.0 Å². The first-order valence-electron chi connectivity index (χ1n) is 9.12. The average Bonchev–Trinajstić information content (AvgIpc) is 3.41. The number of fused-ring (bicyclic) bond motifs is 1. The van der Waals surface area contributed by atoms with E-state index in [9.17, 15) is 4.39 Å². The van der Waals surface area contributed by atoms with Crippen LogP contribution in [0.2, 0.25) is 0 Å². The Labute approximate surface area is 165 Å². The van der Waals surface area contributed by atoms with Gasteiger partial charge in [-0.15, -0.1) is 0 Å². The molecule has 3 heterocycles. The van der Waals surface area contributed by atoms with Crippen molar-refractivity contribution in [1.29, 1.82) is 0 Å². The highest BCUT2D eigenvalue weighted by atomic mass is 19.1. The summed E-state index contributed by atoms with van der Waals surface area (Å²) in [5.41, 5.74) is 3.10. The highest BCUT2D eigenvalue weighted by Crippen LogP contribution is 2.30. The minimum atomic E-state index is -0.488. The first kappa shape index (κ1) is 17.6. The lowest BCUT2D eigenvalue weighted by molar-refractivity contribution is -0.00113. The lowest BCUT2D eigenvalue weighted by Crippen LogP contribution is -2.21. The van der Waals surface area contributed by atoms with Gasteiger partial charge in [0.25, 0.3) is 5.89 Å². The maximum absolute atomic E-state index is 14.0. The predicted molar refractivity (Wildman–Crippen MR) is 101 cm³/mol. The molecule has 8 heteroatoms. The second-order valence-corrected chi connectivity index (χ2v) is 6.69. The minimum Gasteiger partial charge on any atom is -0.494 e. The van der Waals surface area contributed by atoms with E-state index in [2.05, 4.69) is 15.2 Å². The second kappa shape index (κ2) is 7.14. The molecule has 0 N–H and O–H groups in total. The Kier molecular flexibility index (Phi) is 4.33. The first-order valence-corrected chi connectivity index (χ1v) is 9.12. The number of benzene rings is 2. The van der Waals surface area contributed by atoms with E-state index in [1.54, 1.807) is 6.07 Å². The largest absolute Gasteiger partial charge is 0.494 e. The van der Waals surface area contributed by atoms with Gasteiger partial charge in [-0.05, 0) is 29.8 Å². The van der Waals surface area contributed by atoms with Crippen molar-refractivity contribution in [3.63, 3.8) is 0 Å². The standard InChI is InChI=1S/C21H17FN4O3/c1-27-18-8-7-14(9-16(18)22)20-23-21(29-25-20)17-10-15-12-28-19(11-26(15)24-17)13-5-3-2-4-6-13/h2-10,19H,11-12H2,1H3. The fourth-order valence-corrected chi connectivity index (χ4v) is 3.35. The van der Waals surface area contributed by atoms with Gasteiger partial charge in [-0.25, -0.2) is 4.39 Å². The smallest absolute Gasteiger partial charge is 0.278 e. The molecule has 0 spiro atoms. The maximum Gasteiger partial charge on any atom is 0.278 e. The summed E-state index contributed by atoms with van der Waals surface area (Å²) >= 11 is 0. The molecule has 146 valence electrons. The summed E-state index contributed by atoms with van der Waals surface area (Å²) in [6.07, 6.45) is -0.0584. The number of aromatic nitrogens is 4. The summed E-state index contributed by atoms with van der Waals surface area (Å²) in [6, 6.07) is 16.4. The van der Waals surface area contributed by atoms with Crippen LogP contribution >= 0.6 is 0 Å². The summed E-state index contributed by atoms with van der Waals surface area (Å²) in [5.74, 6) is 0.227. The Morgan fingerprint density at radius 1 is 1.14 bits per heavy atom. The van der Waals surface area contributed by atoms with E-state index < -0.39 is 5.82 Å². The van der Waals surface area contributed by atoms with Crippen molar-refractivity contribution in [2.45, 2.75) is 19.3 Å². The van der Waals surface area contributed by atoms with Crippen LogP contribution < -0.4 is 4.74 Å². The summed E-state index contributed by atoms with van der Waals surface area (Å²) < 4.78 is 32.1. The zero-order chi connectivity index (χ0) is 19.8. The molecule has 0 fully saturated rings. The second-order valence-electron chi connectivity index (χ2n) is 6.69. The first-order chi connectivity index (χ1) is 14.2. The van der Waals surface area contributed by atoms with Crippen LogP contribution in [0.1, 0.15) is 17.4 Å². The topological polar surface area (TPSA) is 75.2 Å². The molecule has 7 nitrogen and oxygen atoms in total. The maximum atomic E-state index is 14.0. The molecule has 5 rings (SSSR count). The molecule has 0 radical (unpaired) electrons. The van der Waals surface area contributed by atoms with Gasteiger partial charge in [0.2, 0.25) is 5.82 Å². The van der Waals surface area contributed by atoms with Crippen molar-refractivity contribution in [3.8, 4) is 28.7 Å². The van der Waals surface area contributed by atoms with Gasteiger partial charge in [0.15, 0.2) is 17.3 Å². The highest BCUT2D eigenvalue weighted by molar-refractivity contribution is 5.59. The van der Waals surface area contributed by atoms with Crippen molar-refractivity contribution < 1.29 is 18.4 Å². The van der Waals surface area contributed by atoms with Gasteiger partial charge >= 0.3 is 0 Å². The van der Waals surface area contributed by atoms with Crippen molar-refractivity contribution >= 4 is 0 Å². The molecule has 1 aliphatic heterocycles. The third kappa shape index (κ3) is 3.27. The number of rotatable bonds is 4. The third-order valence-electron chi connectivity index (χ3n) is 4.86. The summed E-state index contributed by atoms with van der Waals surface area (Å²) in [7, 11) is 1.41. The van der Waals surface area contributed by atoms with Gasteiger partial charge in [-0.1, -0.05) is 35.5 Å². The number of halogens is 1. The molecule has 29 heavy (non-hydrogen) atoms. The number of hydrogen-bond donors (Lipinski definition) is 0. The molecule has 1 atom stereocenters. The van der Waals surface area contributed by atoms with Crippen LogP contribution in [0.5, 0.6) is 5.75 Å². The molecular formula is C21H17FN4O3. The van der Waals surface area contributed by atoms with E-state index in [-0.39, 0.29) is 23.6 Å². The van der Waals surface area contributed by atoms with Crippen molar-refractivity contribution in [3.05, 3.63) is 71.7 Å². The lowest BCUT2D eigenvalue weighted by atomic mass is 10.1. The lowest BCUT2D eigenvalue weighted by Gasteiger charge is -2.24. The zero-order valence-electron chi connectivity index (χ0n) is 15.6. The molecule has 1 unspecified atom stereocenters. The Bertz CT molecular complexity index is 1160. The van der Waals surface area contributed by atoms with Gasteiger partial charge in [-0.2, -0.15) is 10.1 Å². The van der Waals surface area contributed by atoms with Crippen LogP contribution in [-0.4, -0.2) is 27.0 Å². The van der Waals surface area contributed by atoms with Crippen LogP contribution in [-0.2, 0) is 17.9 Å². The van der Waals surface area contributed by atoms with Gasteiger partial charge in [-0.3, -0.25) is 4.68 Å². The third-order valence-corrected chi connectivity index (χ3v) is 4.86. The van der Waals surface area contributed by atoms with Crippen molar-refractivity contribution in [2.24, 2.45) is 0 Å². The Morgan fingerprint density at radius 3 is 2.79 bits per heavy atom. The van der Waals surface area contributed by atoms with Gasteiger partial charge in [0.05, 0.1) is 26.0 Å². The zero-order valence-corrected chi connectivity index (χ0v) is 15.6. The molecule has 4 aromatic rings. The fourth-order valence-electron chi connectivity index (χ4n) is 3.35. The summed E-state index contributed by atoms with van der Waals surface area (Å²) in [5, 5.41) is 8.55. The SMILES string of the molecule is COc1ccc(-c2noc(-c3cc4n(n3)CC(c3ccccc3)OC4)n2)cc1F. The molecule has 2 aromatic heterocycles. The van der Waals surface area contributed by atoms with E-state index in [1.165, 1.54) is 19.2 Å². The molecule has 2 aromatic carbocycles. The van der Waals surface area contributed by atoms with Gasteiger partial charge in [0, 0.05) is 5.56 Å². The number of methoxy groups -OCH3 is 1. The van der Waals surface area contributed by atoms with E-state index in [4.69, 9.17) is 14.0 Å². The van der Waals surface area contributed by atoms with E-state index >= 15 is 0 Å². The molecule has 0 saturated carbocycles. The quantitative estimate of drug-likeness (QED) is 0.522. The van der Waals surface area contributed by atoms with Crippen molar-refractivity contribution in [2.75, 3.05) is 7.11 Å². The van der Waals surface area contributed by atoms with Crippen LogP contribution in [0.4, 0.5) is 4.39 Å². The normalized spacial score (nSPS) is 15.9. The van der Waals surface area contributed by atoms with E-state index in [1.807, 2.05) is 41.1 Å². The van der Waals surface area contributed by atoms with Crippen molar-refractivity contribution in [1.82, 2.24) is 19.9 Å². The summed E-state index contributed by atoms with van der Waals surface area (Å²) in [6.45, 7) is 1.04. The molecule has 0 aliphatic carbocycles. The molecule has 1 aliphatic rings. The van der Waals surface area contributed by atoms with Crippen LogP contribution in [0.3, 0.4) is 0 Å². The molecule has 0 bridgehead atoms. The number of hydrogen-bond acceptors (Lipinski definition) is 6. The van der Waals surface area contributed by atoms with Crippen LogP contribution in [0, 0.1) is 5.82 Å². The van der Waals surface area contributed by atoms with E-state index in [0.717, 1.165) is 11.3 Å². The average molecular weight is 392 g/mol. The number of ether oxygens (including phenoxy) is 2. The molecular weight excluding hydrogens is 375 g/mol.